The van der Waals surface area contributed by atoms with Gasteiger partial charge in [-0.2, -0.15) is 0 Å². The summed E-state index contributed by atoms with van der Waals surface area (Å²) in [7, 11) is 0. The molecule has 2 heteroatoms. The molecule has 0 spiro atoms. The van der Waals surface area contributed by atoms with E-state index >= 15 is 0 Å². The SMILES string of the molecule is c1ccc(-c2nc(-c3ccccc3-c3ccccc3)cc(-c3ccc(-c4cccc(-c5cccc6c5-c5ccccc5C6(c5ccccc5)c5ccccc5)c4)c4ccccc34)n2)cc1. The Balaban J connectivity index is 1.01. The monoisotopic (exact) mass is 826 g/mol. The Hall–Kier alpha value is -8.46. The standard InChI is InChI=1S/C63H42N2/c1-5-21-43(22-6-1)49-31-13-16-34-54(49)59-42-60(65-62(64-59)44-23-7-2-8-24-44)55-40-39-50(52-32-14-15-33-53(52)55)45-25-19-26-46(41-45)51-36-20-38-58-61(51)56-35-17-18-37-57(56)63(58,47-27-9-3-10-28-47)48-29-11-4-12-30-48/h1-42H. The molecule has 65 heavy (non-hydrogen) atoms. The third-order valence-corrected chi connectivity index (χ3v) is 13.2. The first-order chi connectivity index (χ1) is 32.3. The molecule has 0 radical (unpaired) electrons. The third-order valence-electron chi connectivity index (χ3n) is 13.2. The Labute approximate surface area is 379 Å². The fourth-order valence-electron chi connectivity index (χ4n) is 10.4. The van der Waals surface area contributed by atoms with Gasteiger partial charge < -0.3 is 0 Å². The van der Waals surface area contributed by atoms with Crippen LogP contribution >= 0.6 is 0 Å². The molecule has 0 atom stereocenters. The fourth-order valence-corrected chi connectivity index (χ4v) is 10.4. The van der Waals surface area contributed by atoms with Crippen LogP contribution in [0.15, 0.2) is 255 Å². The van der Waals surface area contributed by atoms with Crippen LogP contribution in [-0.2, 0) is 5.41 Å². The van der Waals surface area contributed by atoms with E-state index < -0.39 is 5.41 Å². The van der Waals surface area contributed by atoms with E-state index in [0.29, 0.717) is 5.82 Å². The maximum atomic E-state index is 5.30. The number of fused-ring (bicyclic) bond motifs is 4. The van der Waals surface area contributed by atoms with Gasteiger partial charge in [-0.05, 0) is 89.7 Å². The van der Waals surface area contributed by atoms with Crippen molar-refractivity contribution in [2.75, 3.05) is 0 Å². The number of aromatic nitrogens is 2. The van der Waals surface area contributed by atoms with Crippen LogP contribution in [0.25, 0.3) is 89.2 Å². The molecule has 1 aliphatic rings. The summed E-state index contributed by atoms with van der Waals surface area (Å²) in [5.41, 5.74) is 19.2. The molecule has 0 unspecified atom stereocenters. The molecular weight excluding hydrogens is 785 g/mol. The zero-order valence-electron chi connectivity index (χ0n) is 35.6. The molecule has 1 heterocycles. The Morgan fingerprint density at radius 2 is 0.708 bits per heavy atom. The molecule has 2 nitrogen and oxygen atoms in total. The highest BCUT2D eigenvalue weighted by Crippen LogP contribution is 2.58. The third kappa shape index (κ3) is 6.41. The van der Waals surface area contributed by atoms with Crippen LogP contribution < -0.4 is 0 Å². The van der Waals surface area contributed by atoms with Gasteiger partial charge in [-0.25, -0.2) is 9.97 Å². The van der Waals surface area contributed by atoms with E-state index in [1.165, 1.54) is 55.5 Å². The lowest BCUT2D eigenvalue weighted by Crippen LogP contribution is -2.28. The van der Waals surface area contributed by atoms with Gasteiger partial charge in [0.15, 0.2) is 5.82 Å². The zero-order chi connectivity index (χ0) is 43.2. The first-order valence-electron chi connectivity index (χ1n) is 22.3. The molecular formula is C63H42N2. The highest BCUT2D eigenvalue weighted by atomic mass is 14.9. The molecule has 304 valence electrons. The smallest absolute Gasteiger partial charge is 0.160 e. The molecule has 0 bridgehead atoms. The summed E-state index contributed by atoms with van der Waals surface area (Å²) in [6, 6.07) is 91.9. The predicted octanol–water partition coefficient (Wildman–Crippen LogP) is 16.0. The molecule has 0 saturated heterocycles. The average molecular weight is 827 g/mol. The van der Waals surface area contributed by atoms with Crippen molar-refractivity contribution in [3.05, 3.63) is 277 Å². The van der Waals surface area contributed by atoms with E-state index in [0.717, 1.165) is 50.2 Å². The number of nitrogens with zero attached hydrogens (tertiary/aromatic N) is 2. The van der Waals surface area contributed by atoms with Crippen LogP contribution in [0.3, 0.4) is 0 Å². The van der Waals surface area contributed by atoms with Crippen molar-refractivity contribution >= 4 is 10.8 Å². The number of benzene rings is 10. The van der Waals surface area contributed by atoms with Gasteiger partial charge in [0.1, 0.15) is 0 Å². The minimum atomic E-state index is -0.459. The summed E-state index contributed by atoms with van der Waals surface area (Å²) >= 11 is 0. The van der Waals surface area contributed by atoms with Gasteiger partial charge in [-0.15, -0.1) is 0 Å². The Morgan fingerprint density at radius 1 is 0.262 bits per heavy atom. The van der Waals surface area contributed by atoms with E-state index in [9.17, 15) is 0 Å². The van der Waals surface area contributed by atoms with E-state index in [1.807, 2.05) is 18.2 Å². The van der Waals surface area contributed by atoms with Crippen LogP contribution in [0.4, 0.5) is 0 Å². The minimum Gasteiger partial charge on any atom is -0.228 e. The second kappa shape index (κ2) is 16.0. The van der Waals surface area contributed by atoms with Crippen molar-refractivity contribution in [2.24, 2.45) is 0 Å². The van der Waals surface area contributed by atoms with Crippen molar-refractivity contribution < 1.29 is 0 Å². The fraction of sp³-hybridized carbons (Fsp3) is 0.0159. The molecule has 1 aromatic heterocycles. The van der Waals surface area contributed by atoms with Gasteiger partial charge in [0.2, 0.25) is 0 Å². The van der Waals surface area contributed by atoms with Crippen LogP contribution in [0.2, 0.25) is 0 Å². The first-order valence-corrected chi connectivity index (χ1v) is 22.3. The minimum absolute atomic E-state index is 0.459. The molecule has 1 aliphatic carbocycles. The quantitative estimate of drug-likeness (QED) is 0.152. The van der Waals surface area contributed by atoms with Crippen LogP contribution in [0.1, 0.15) is 22.3 Å². The highest BCUT2D eigenvalue weighted by molar-refractivity contribution is 6.05. The largest absolute Gasteiger partial charge is 0.228 e. The van der Waals surface area contributed by atoms with E-state index in [2.05, 4.69) is 237 Å². The van der Waals surface area contributed by atoms with Gasteiger partial charge in [0.25, 0.3) is 0 Å². The summed E-state index contributed by atoms with van der Waals surface area (Å²) < 4.78 is 0. The summed E-state index contributed by atoms with van der Waals surface area (Å²) in [4.78, 5) is 10.5. The molecule has 0 aliphatic heterocycles. The second-order valence-corrected chi connectivity index (χ2v) is 16.8. The lowest BCUT2D eigenvalue weighted by atomic mass is 9.67. The van der Waals surface area contributed by atoms with Crippen molar-refractivity contribution in [3.8, 4) is 78.4 Å². The first kappa shape index (κ1) is 38.2. The zero-order valence-corrected chi connectivity index (χ0v) is 35.6. The molecule has 0 amide bonds. The maximum absolute atomic E-state index is 5.30. The lowest BCUT2D eigenvalue weighted by Gasteiger charge is -2.34. The lowest BCUT2D eigenvalue weighted by molar-refractivity contribution is 0.768. The Bertz CT molecular complexity index is 3480. The number of hydrogen-bond acceptors (Lipinski definition) is 2. The van der Waals surface area contributed by atoms with Crippen molar-refractivity contribution in [3.63, 3.8) is 0 Å². The summed E-state index contributed by atoms with van der Waals surface area (Å²) in [5, 5.41) is 2.31. The predicted molar refractivity (Wildman–Crippen MR) is 269 cm³/mol. The van der Waals surface area contributed by atoms with Gasteiger partial charge in [0.05, 0.1) is 16.8 Å². The van der Waals surface area contributed by atoms with Crippen molar-refractivity contribution in [1.29, 1.82) is 0 Å². The van der Waals surface area contributed by atoms with Gasteiger partial charge in [0, 0.05) is 16.7 Å². The van der Waals surface area contributed by atoms with Gasteiger partial charge in [-0.3, -0.25) is 0 Å². The maximum Gasteiger partial charge on any atom is 0.160 e. The van der Waals surface area contributed by atoms with E-state index in [1.54, 1.807) is 0 Å². The van der Waals surface area contributed by atoms with Crippen molar-refractivity contribution in [2.45, 2.75) is 5.41 Å². The molecule has 11 aromatic rings. The van der Waals surface area contributed by atoms with E-state index in [4.69, 9.17) is 9.97 Å². The summed E-state index contributed by atoms with van der Waals surface area (Å²) in [6.07, 6.45) is 0. The summed E-state index contributed by atoms with van der Waals surface area (Å²) in [5.74, 6) is 0.697. The van der Waals surface area contributed by atoms with Crippen LogP contribution in [0.5, 0.6) is 0 Å². The van der Waals surface area contributed by atoms with E-state index in [-0.39, 0.29) is 0 Å². The van der Waals surface area contributed by atoms with Crippen LogP contribution in [-0.4, -0.2) is 9.97 Å². The molecule has 12 rings (SSSR count). The highest BCUT2D eigenvalue weighted by Gasteiger charge is 2.46. The molecule has 0 fully saturated rings. The summed E-state index contributed by atoms with van der Waals surface area (Å²) in [6.45, 7) is 0. The Morgan fingerprint density at radius 3 is 1.38 bits per heavy atom. The normalized spacial score (nSPS) is 12.4. The van der Waals surface area contributed by atoms with Gasteiger partial charge in [-0.1, -0.05) is 243 Å². The number of hydrogen-bond donors (Lipinski definition) is 0. The van der Waals surface area contributed by atoms with Crippen molar-refractivity contribution in [1.82, 2.24) is 9.97 Å². The molecule has 0 N–H and O–H groups in total. The number of rotatable bonds is 8. The average Bonchev–Trinajstić information content (AvgIpc) is 3.70. The topological polar surface area (TPSA) is 25.8 Å². The van der Waals surface area contributed by atoms with Crippen LogP contribution in [0, 0.1) is 0 Å². The second-order valence-electron chi connectivity index (χ2n) is 16.8. The molecule has 10 aromatic carbocycles. The molecule has 0 saturated carbocycles. The van der Waals surface area contributed by atoms with Gasteiger partial charge >= 0.3 is 0 Å². The Kier molecular flexibility index (Phi) is 9.43.